The molecule has 0 aliphatic carbocycles. The number of aliphatic carboxylic acids is 1. The second-order valence-electron chi connectivity index (χ2n) is 2.85. The van der Waals surface area contributed by atoms with Gasteiger partial charge in [0, 0.05) is 0 Å². The fourth-order valence-electron chi connectivity index (χ4n) is 0.834. The lowest BCUT2D eigenvalue weighted by Crippen LogP contribution is -2.39. The Labute approximate surface area is 94.1 Å². The van der Waals surface area contributed by atoms with Gasteiger partial charge in [-0.25, -0.2) is 4.63 Å². The summed E-state index contributed by atoms with van der Waals surface area (Å²) in [7, 11) is 0. The molecule has 10 heteroatoms. The van der Waals surface area contributed by atoms with E-state index in [0.717, 1.165) is 0 Å². The predicted molar refractivity (Wildman–Crippen MR) is 51.7 cm³/mol. The average molecular weight is 243 g/mol. The van der Waals surface area contributed by atoms with E-state index in [1.165, 1.54) is 0 Å². The molecule has 1 aromatic rings. The molecule has 92 valence electrons. The van der Waals surface area contributed by atoms with Gasteiger partial charge in [-0.15, -0.1) is 0 Å². The molecule has 0 saturated heterocycles. The fourth-order valence-corrected chi connectivity index (χ4v) is 0.834. The number of carbonyl (C=O) groups excluding carboxylic acids is 2. The molecule has 2 amide bonds. The normalized spacial score (nSPS) is 9.65. The SMILES string of the molecule is Nc1nonc1C(=O)NCC(=O)NCC(=O)O. The van der Waals surface area contributed by atoms with Crippen molar-refractivity contribution in [2.75, 3.05) is 18.8 Å². The van der Waals surface area contributed by atoms with Crippen molar-refractivity contribution in [2.24, 2.45) is 0 Å². The number of hydrogen-bond donors (Lipinski definition) is 4. The van der Waals surface area contributed by atoms with Crippen molar-refractivity contribution in [1.82, 2.24) is 20.9 Å². The zero-order valence-corrected chi connectivity index (χ0v) is 8.47. The summed E-state index contributed by atoms with van der Waals surface area (Å²) >= 11 is 0. The van der Waals surface area contributed by atoms with Crippen molar-refractivity contribution in [3.8, 4) is 0 Å². The van der Waals surface area contributed by atoms with Crippen LogP contribution in [0.5, 0.6) is 0 Å². The molecule has 1 heterocycles. The van der Waals surface area contributed by atoms with Crippen LogP contribution >= 0.6 is 0 Å². The molecule has 0 radical (unpaired) electrons. The first-order valence-electron chi connectivity index (χ1n) is 4.35. The lowest BCUT2D eigenvalue weighted by atomic mass is 10.4. The molecule has 0 aromatic carbocycles. The maximum absolute atomic E-state index is 11.3. The highest BCUT2D eigenvalue weighted by Crippen LogP contribution is 2.02. The van der Waals surface area contributed by atoms with Gasteiger partial charge in [0.25, 0.3) is 5.91 Å². The van der Waals surface area contributed by atoms with Crippen LogP contribution in [-0.4, -0.2) is 46.3 Å². The van der Waals surface area contributed by atoms with E-state index < -0.39 is 30.9 Å². The number of aromatic nitrogens is 2. The van der Waals surface area contributed by atoms with Crippen molar-refractivity contribution in [3.05, 3.63) is 5.69 Å². The van der Waals surface area contributed by atoms with Gasteiger partial charge in [0.15, 0.2) is 0 Å². The van der Waals surface area contributed by atoms with Gasteiger partial charge in [-0.3, -0.25) is 14.4 Å². The second kappa shape index (κ2) is 5.44. The van der Waals surface area contributed by atoms with E-state index in [2.05, 4.69) is 25.6 Å². The summed E-state index contributed by atoms with van der Waals surface area (Å²) in [4.78, 5) is 32.5. The number of nitrogens with two attached hydrogens (primary N) is 1. The number of nitrogens with one attached hydrogen (secondary N) is 2. The molecule has 0 bridgehead atoms. The van der Waals surface area contributed by atoms with E-state index >= 15 is 0 Å². The molecular formula is C7H9N5O5. The van der Waals surface area contributed by atoms with Gasteiger partial charge in [-0.2, -0.15) is 0 Å². The molecule has 0 atom stereocenters. The van der Waals surface area contributed by atoms with Gasteiger partial charge in [0.1, 0.15) is 6.54 Å². The summed E-state index contributed by atoms with van der Waals surface area (Å²) in [6.45, 7) is -0.930. The Morgan fingerprint density at radius 1 is 1.24 bits per heavy atom. The van der Waals surface area contributed by atoms with Crippen molar-refractivity contribution >= 4 is 23.6 Å². The van der Waals surface area contributed by atoms with E-state index in [4.69, 9.17) is 10.8 Å². The summed E-state index contributed by atoms with van der Waals surface area (Å²) in [5.41, 5.74) is 5.00. The van der Waals surface area contributed by atoms with Crippen LogP contribution < -0.4 is 16.4 Å². The standard InChI is InChI=1S/C7H9N5O5/c8-6-5(11-17-12-6)7(16)10-1-3(13)9-2-4(14)15/h1-2H2,(H2,8,12)(H,9,13)(H,10,16)(H,14,15). The Bertz CT molecular complexity index is 442. The molecule has 0 aliphatic rings. The van der Waals surface area contributed by atoms with Gasteiger partial charge in [-0.05, 0) is 10.3 Å². The average Bonchev–Trinajstić information content (AvgIpc) is 2.69. The van der Waals surface area contributed by atoms with Crippen LogP contribution in [0.1, 0.15) is 10.5 Å². The lowest BCUT2D eigenvalue weighted by molar-refractivity contribution is -0.137. The monoisotopic (exact) mass is 243 g/mol. The minimum Gasteiger partial charge on any atom is -0.480 e. The van der Waals surface area contributed by atoms with Gasteiger partial charge in [0.05, 0.1) is 6.54 Å². The van der Waals surface area contributed by atoms with Crippen LogP contribution in [0.15, 0.2) is 4.63 Å². The molecule has 0 aliphatic heterocycles. The summed E-state index contributed by atoms with van der Waals surface area (Å²) in [6.07, 6.45) is 0. The third-order valence-electron chi connectivity index (χ3n) is 1.58. The highest BCUT2D eigenvalue weighted by atomic mass is 16.6. The van der Waals surface area contributed by atoms with Crippen LogP contribution in [0.3, 0.4) is 0 Å². The van der Waals surface area contributed by atoms with E-state index in [9.17, 15) is 14.4 Å². The molecule has 10 nitrogen and oxygen atoms in total. The van der Waals surface area contributed by atoms with E-state index in [1.54, 1.807) is 0 Å². The minimum absolute atomic E-state index is 0.201. The maximum Gasteiger partial charge on any atom is 0.322 e. The molecule has 0 spiro atoms. The predicted octanol–water partition coefficient (Wildman–Crippen LogP) is -2.42. The molecule has 17 heavy (non-hydrogen) atoms. The van der Waals surface area contributed by atoms with Crippen molar-refractivity contribution in [1.29, 1.82) is 0 Å². The summed E-state index contributed by atoms with van der Waals surface area (Å²) in [6, 6.07) is 0. The van der Waals surface area contributed by atoms with Crippen LogP contribution in [0.4, 0.5) is 5.82 Å². The Morgan fingerprint density at radius 3 is 2.47 bits per heavy atom. The van der Waals surface area contributed by atoms with Crippen LogP contribution in [0, 0.1) is 0 Å². The number of hydrogen-bond acceptors (Lipinski definition) is 7. The van der Waals surface area contributed by atoms with Crippen LogP contribution in [0.25, 0.3) is 0 Å². The number of nitrogens with zero attached hydrogens (tertiary/aromatic N) is 2. The molecule has 1 aromatic heterocycles. The highest BCUT2D eigenvalue weighted by molar-refractivity contribution is 5.98. The number of rotatable bonds is 5. The number of amides is 2. The number of carbonyl (C=O) groups is 3. The highest BCUT2D eigenvalue weighted by Gasteiger charge is 2.16. The number of nitrogen functional groups attached to an aromatic ring is 1. The lowest BCUT2D eigenvalue weighted by Gasteiger charge is -2.03. The van der Waals surface area contributed by atoms with E-state index in [1.807, 2.05) is 0 Å². The topological polar surface area (TPSA) is 160 Å². The maximum atomic E-state index is 11.3. The Morgan fingerprint density at radius 2 is 1.94 bits per heavy atom. The first kappa shape index (κ1) is 12.4. The number of carboxylic acid groups (broad SMARTS) is 1. The van der Waals surface area contributed by atoms with Crippen molar-refractivity contribution in [2.45, 2.75) is 0 Å². The summed E-state index contributed by atoms with van der Waals surface area (Å²) in [5, 5.41) is 18.9. The van der Waals surface area contributed by atoms with Crippen LogP contribution in [0.2, 0.25) is 0 Å². The smallest absolute Gasteiger partial charge is 0.322 e. The summed E-state index contributed by atoms with van der Waals surface area (Å²) < 4.78 is 4.19. The fraction of sp³-hybridized carbons (Fsp3) is 0.286. The van der Waals surface area contributed by atoms with Crippen molar-refractivity contribution < 1.29 is 24.1 Å². The largest absolute Gasteiger partial charge is 0.480 e. The number of carboxylic acids is 1. The summed E-state index contributed by atoms with van der Waals surface area (Å²) in [5.74, 6) is -2.78. The molecule has 5 N–H and O–H groups in total. The molecule has 0 fully saturated rings. The number of anilines is 1. The third-order valence-corrected chi connectivity index (χ3v) is 1.58. The second-order valence-corrected chi connectivity index (χ2v) is 2.85. The van der Waals surface area contributed by atoms with Crippen molar-refractivity contribution in [3.63, 3.8) is 0 Å². The Balaban J connectivity index is 2.36. The minimum atomic E-state index is -1.19. The Kier molecular flexibility index (Phi) is 3.97. The van der Waals surface area contributed by atoms with Gasteiger partial charge >= 0.3 is 5.97 Å². The molecule has 1 rings (SSSR count). The van der Waals surface area contributed by atoms with E-state index in [0.29, 0.717) is 0 Å². The molecule has 0 saturated carbocycles. The molecule has 0 unspecified atom stereocenters. The van der Waals surface area contributed by atoms with Crippen LogP contribution in [-0.2, 0) is 9.59 Å². The Hall–Kier alpha value is -2.65. The first-order chi connectivity index (χ1) is 8.00. The zero-order valence-electron chi connectivity index (χ0n) is 8.47. The third kappa shape index (κ3) is 3.77. The van der Waals surface area contributed by atoms with Gasteiger partial charge in [0.2, 0.25) is 17.4 Å². The van der Waals surface area contributed by atoms with Gasteiger partial charge < -0.3 is 21.5 Å². The zero-order chi connectivity index (χ0) is 12.8. The first-order valence-corrected chi connectivity index (χ1v) is 4.35. The quantitative estimate of drug-likeness (QED) is 0.444. The van der Waals surface area contributed by atoms with E-state index in [-0.39, 0.29) is 11.5 Å². The molecular weight excluding hydrogens is 234 g/mol. The van der Waals surface area contributed by atoms with Gasteiger partial charge in [-0.1, -0.05) is 0 Å².